The second-order valence-corrected chi connectivity index (χ2v) is 5.86. The van der Waals surface area contributed by atoms with Gasteiger partial charge in [0, 0.05) is 18.2 Å². The number of carboxylic acid groups (broad SMARTS) is 1. The molecule has 1 aliphatic rings. The normalized spacial score (nSPS) is 20.2. The van der Waals surface area contributed by atoms with E-state index in [1.165, 1.54) is 6.20 Å². The molecule has 126 valence electrons. The van der Waals surface area contributed by atoms with Crippen molar-refractivity contribution in [3.05, 3.63) is 36.0 Å². The van der Waals surface area contributed by atoms with Crippen molar-refractivity contribution in [3.8, 4) is 17.0 Å². The molecule has 0 bridgehead atoms. The first-order valence-corrected chi connectivity index (χ1v) is 7.74. The van der Waals surface area contributed by atoms with E-state index in [9.17, 15) is 14.7 Å². The van der Waals surface area contributed by atoms with E-state index in [0.717, 1.165) is 11.3 Å². The van der Waals surface area contributed by atoms with Crippen molar-refractivity contribution in [2.24, 2.45) is 5.92 Å². The number of aromatic amines is 1. The van der Waals surface area contributed by atoms with Crippen molar-refractivity contribution >= 4 is 11.9 Å². The number of aliphatic carboxylic acids is 1. The van der Waals surface area contributed by atoms with E-state index in [0.29, 0.717) is 24.2 Å². The van der Waals surface area contributed by atoms with Crippen LogP contribution in [0.15, 0.2) is 30.5 Å². The lowest BCUT2D eigenvalue weighted by Crippen LogP contribution is -2.37. The predicted octanol–water partition coefficient (Wildman–Crippen LogP) is 2.02. The number of aromatic nitrogens is 2. The van der Waals surface area contributed by atoms with Gasteiger partial charge < -0.3 is 14.7 Å². The summed E-state index contributed by atoms with van der Waals surface area (Å²) in [6, 6.07) is 6.97. The molecule has 2 aromatic rings. The lowest BCUT2D eigenvalue weighted by molar-refractivity contribution is -0.142. The third-order valence-electron chi connectivity index (χ3n) is 4.58. The second kappa shape index (κ2) is 6.35. The zero-order chi connectivity index (χ0) is 17.3. The van der Waals surface area contributed by atoms with Crippen LogP contribution in [-0.4, -0.2) is 51.8 Å². The van der Waals surface area contributed by atoms with Crippen molar-refractivity contribution in [2.45, 2.75) is 19.4 Å². The maximum atomic E-state index is 12.9. The van der Waals surface area contributed by atoms with Crippen LogP contribution in [-0.2, 0) is 4.79 Å². The highest BCUT2D eigenvalue weighted by molar-refractivity contribution is 6.00. The number of likely N-dealkylation sites (tertiary alicyclic amines) is 1. The molecule has 0 aliphatic carbocycles. The molecule has 0 saturated carbocycles. The maximum absolute atomic E-state index is 12.9. The SMILES string of the molecule is COc1ccc(-c2[nH]ncc2C(=O)N2CCC(C(=O)O)C2C)cc1. The molecule has 2 atom stereocenters. The van der Waals surface area contributed by atoms with Crippen LogP contribution in [0.3, 0.4) is 0 Å². The summed E-state index contributed by atoms with van der Waals surface area (Å²) < 4.78 is 5.14. The average molecular weight is 329 g/mol. The molecule has 1 saturated heterocycles. The van der Waals surface area contributed by atoms with E-state index in [-0.39, 0.29) is 11.9 Å². The zero-order valence-corrected chi connectivity index (χ0v) is 13.5. The van der Waals surface area contributed by atoms with Crippen LogP contribution in [0.5, 0.6) is 5.75 Å². The van der Waals surface area contributed by atoms with Gasteiger partial charge in [-0.25, -0.2) is 0 Å². The number of carbonyl (C=O) groups excluding carboxylic acids is 1. The molecule has 1 aliphatic heterocycles. The minimum Gasteiger partial charge on any atom is -0.497 e. The number of hydrogen-bond acceptors (Lipinski definition) is 4. The Bertz CT molecular complexity index is 753. The number of carboxylic acids is 1. The van der Waals surface area contributed by atoms with Gasteiger partial charge in [0.25, 0.3) is 5.91 Å². The third kappa shape index (κ3) is 2.73. The Morgan fingerprint density at radius 3 is 2.62 bits per heavy atom. The number of rotatable bonds is 4. The highest BCUT2D eigenvalue weighted by atomic mass is 16.5. The summed E-state index contributed by atoms with van der Waals surface area (Å²) in [4.78, 5) is 25.7. The molecular formula is C17H19N3O4. The predicted molar refractivity (Wildman–Crippen MR) is 86.8 cm³/mol. The third-order valence-corrected chi connectivity index (χ3v) is 4.58. The zero-order valence-electron chi connectivity index (χ0n) is 13.5. The standard InChI is InChI=1S/C17H19N3O4/c1-10-13(17(22)23)7-8-20(10)16(21)14-9-18-19-15(14)11-3-5-12(24-2)6-4-11/h3-6,9-10,13H,7-8H2,1-2H3,(H,18,19)(H,22,23). The number of ether oxygens (including phenoxy) is 1. The number of H-pyrrole nitrogens is 1. The quantitative estimate of drug-likeness (QED) is 0.895. The molecule has 7 heteroatoms. The van der Waals surface area contributed by atoms with Crippen molar-refractivity contribution in [2.75, 3.05) is 13.7 Å². The van der Waals surface area contributed by atoms with Crippen LogP contribution in [0.2, 0.25) is 0 Å². The Labute approximate surface area is 139 Å². The summed E-state index contributed by atoms with van der Waals surface area (Å²) in [5.74, 6) is -0.861. The lowest BCUT2D eigenvalue weighted by Gasteiger charge is -2.23. The minimum atomic E-state index is -0.861. The number of benzene rings is 1. The van der Waals surface area contributed by atoms with Gasteiger partial charge in [-0.15, -0.1) is 0 Å². The van der Waals surface area contributed by atoms with Gasteiger partial charge in [0.05, 0.1) is 30.5 Å². The van der Waals surface area contributed by atoms with E-state index in [4.69, 9.17) is 4.74 Å². The summed E-state index contributed by atoms with van der Waals surface area (Å²) in [5.41, 5.74) is 1.88. The highest BCUT2D eigenvalue weighted by Crippen LogP contribution is 2.29. The summed E-state index contributed by atoms with van der Waals surface area (Å²) >= 11 is 0. The van der Waals surface area contributed by atoms with Gasteiger partial charge in [-0.3, -0.25) is 14.7 Å². The van der Waals surface area contributed by atoms with Gasteiger partial charge >= 0.3 is 5.97 Å². The Balaban J connectivity index is 1.87. The summed E-state index contributed by atoms with van der Waals surface area (Å²) in [6.45, 7) is 2.21. The molecule has 1 aromatic heterocycles. The van der Waals surface area contributed by atoms with Crippen LogP contribution >= 0.6 is 0 Å². The van der Waals surface area contributed by atoms with Crippen molar-refractivity contribution < 1.29 is 19.4 Å². The Morgan fingerprint density at radius 1 is 1.33 bits per heavy atom. The van der Waals surface area contributed by atoms with E-state index in [1.807, 2.05) is 24.3 Å². The lowest BCUT2D eigenvalue weighted by atomic mass is 10.0. The van der Waals surface area contributed by atoms with Crippen LogP contribution in [0, 0.1) is 5.92 Å². The highest BCUT2D eigenvalue weighted by Gasteiger charge is 2.39. The second-order valence-electron chi connectivity index (χ2n) is 5.86. The van der Waals surface area contributed by atoms with E-state index in [2.05, 4.69) is 10.2 Å². The number of amides is 1. The number of hydrogen-bond donors (Lipinski definition) is 2. The Kier molecular flexibility index (Phi) is 4.24. The fourth-order valence-corrected chi connectivity index (χ4v) is 3.14. The molecule has 0 radical (unpaired) electrons. The number of carbonyl (C=O) groups is 2. The molecule has 0 spiro atoms. The van der Waals surface area contributed by atoms with Crippen molar-refractivity contribution in [1.29, 1.82) is 0 Å². The van der Waals surface area contributed by atoms with Gasteiger partial charge in [0.15, 0.2) is 0 Å². The Morgan fingerprint density at radius 2 is 2.04 bits per heavy atom. The summed E-state index contributed by atoms with van der Waals surface area (Å²) in [6.07, 6.45) is 1.96. The average Bonchev–Trinajstić information content (AvgIpc) is 3.21. The molecule has 2 N–H and O–H groups in total. The smallest absolute Gasteiger partial charge is 0.308 e. The molecule has 1 fully saturated rings. The number of nitrogens with zero attached hydrogens (tertiary/aromatic N) is 2. The van der Waals surface area contributed by atoms with Crippen LogP contribution in [0.4, 0.5) is 0 Å². The molecule has 7 nitrogen and oxygen atoms in total. The molecule has 2 heterocycles. The first-order valence-electron chi connectivity index (χ1n) is 7.74. The summed E-state index contributed by atoms with van der Waals surface area (Å²) in [7, 11) is 1.59. The van der Waals surface area contributed by atoms with Crippen molar-refractivity contribution in [3.63, 3.8) is 0 Å². The maximum Gasteiger partial charge on any atom is 0.308 e. The fraction of sp³-hybridized carbons (Fsp3) is 0.353. The molecule has 1 amide bonds. The first kappa shape index (κ1) is 16.0. The van der Waals surface area contributed by atoms with E-state index < -0.39 is 11.9 Å². The molecule has 3 rings (SSSR count). The van der Waals surface area contributed by atoms with Crippen LogP contribution in [0.1, 0.15) is 23.7 Å². The minimum absolute atomic E-state index is 0.203. The number of methoxy groups -OCH3 is 1. The summed E-state index contributed by atoms with van der Waals surface area (Å²) in [5, 5.41) is 16.1. The molecule has 1 aromatic carbocycles. The van der Waals surface area contributed by atoms with Crippen molar-refractivity contribution in [1.82, 2.24) is 15.1 Å². The molecule has 2 unspecified atom stereocenters. The fourth-order valence-electron chi connectivity index (χ4n) is 3.14. The first-order chi connectivity index (χ1) is 11.5. The molecule has 24 heavy (non-hydrogen) atoms. The molecular weight excluding hydrogens is 310 g/mol. The van der Waals surface area contributed by atoms with Gasteiger partial charge in [0.1, 0.15) is 5.75 Å². The van der Waals surface area contributed by atoms with Gasteiger partial charge in [0.2, 0.25) is 0 Å². The number of nitrogens with one attached hydrogen (secondary N) is 1. The Hall–Kier alpha value is -2.83. The van der Waals surface area contributed by atoms with E-state index in [1.54, 1.807) is 18.9 Å². The van der Waals surface area contributed by atoms with Gasteiger partial charge in [-0.05, 0) is 37.6 Å². The largest absolute Gasteiger partial charge is 0.497 e. The van der Waals surface area contributed by atoms with Gasteiger partial charge in [-0.2, -0.15) is 5.10 Å². The van der Waals surface area contributed by atoms with E-state index >= 15 is 0 Å². The topological polar surface area (TPSA) is 95.5 Å². The van der Waals surface area contributed by atoms with Gasteiger partial charge in [-0.1, -0.05) is 0 Å². The monoisotopic (exact) mass is 329 g/mol. The van der Waals surface area contributed by atoms with Crippen LogP contribution < -0.4 is 4.74 Å². The van der Waals surface area contributed by atoms with Crippen LogP contribution in [0.25, 0.3) is 11.3 Å².